The van der Waals surface area contributed by atoms with Crippen LogP contribution in [-0.4, -0.2) is 28.0 Å². The summed E-state index contributed by atoms with van der Waals surface area (Å²) in [4.78, 5) is 4.76. The molecule has 0 atom stereocenters. The minimum Gasteiger partial charge on any atom is -0.436 e. The number of nitrogens with one attached hydrogen (secondary N) is 1. The van der Waals surface area contributed by atoms with Gasteiger partial charge in [-0.05, 0) is 60.5 Å². The number of aryl methyl sites for hydroxylation is 1. The van der Waals surface area contributed by atoms with Crippen molar-refractivity contribution in [3.8, 4) is 11.6 Å². The van der Waals surface area contributed by atoms with Crippen LogP contribution in [0.2, 0.25) is 0 Å². The Labute approximate surface area is 184 Å². The van der Waals surface area contributed by atoms with Gasteiger partial charge < -0.3 is 4.74 Å². The van der Waals surface area contributed by atoms with Crippen molar-refractivity contribution in [1.29, 1.82) is 0 Å². The highest BCUT2D eigenvalue weighted by Crippen LogP contribution is 2.28. The van der Waals surface area contributed by atoms with Crippen molar-refractivity contribution in [2.24, 2.45) is 0 Å². The van der Waals surface area contributed by atoms with Crippen molar-refractivity contribution >= 4 is 32.4 Å². The molecular weight excluding hydrogens is 426 g/mol. The summed E-state index contributed by atoms with van der Waals surface area (Å²) in [5.41, 5.74) is 3.61. The Morgan fingerprint density at radius 3 is 2.47 bits per heavy atom. The summed E-state index contributed by atoms with van der Waals surface area (Å²) in [6.45, 7) is 2.02. The number of nitrogens with zero attached hydrogens (tertiary/aromatic N) is 4. The molecule has 5 aromatic rings. The molecule has 2 aromatic heterocycles. The molecule has 0 aliphatic heterocycles. The molecule has 0 saturated carbocycles. The average Bonchev–Trinajstić information content (AvgIpc) is 3.31. The monoisotopic (exact) mass is 445 g/mol. The zero-order valence-corrected chi connectivity index (χ0v) is 18.0. The number of anilines is 1. The fourth-order valence-corrected chi connectivity index (χ4v) is 4.43. The van der Waals surface area contributed by atoms with Crippen molar-refractivity contribution < 1.29 is 13.2 Å². The molecule has 0 unspecified atom stereocenters. The highest BCUT2D eigenvalue weighted by molar-refractivity contribution is 7.92. The second kappa shape index (κ2) is 7.93. The molecule has 2 heterocycles. The molecule has 0 radical (unpaired) electrons. The van der Waals surface area contributed by atoms with Crippen molar-refractivity contribution in [3.63, 3.8) is 0 Å². The van der Waals surface area contributed by atoms with E-state index < -0.39 is 10.0 Å². The summed E-state index contributed by atoms with van der Waals surface area (Å²) in [6.07, 6.45) is 2.46. The van der Waals surface area contributed by atoms with Crippen LogP contribution >= 0.6 is 0 Å². The zero-order valence-electron chi connectivity index (χ0n) is 17.1. The predicted molar refractivity (Wildman–Crippen MR) is 121 cm³/mol. The smallest absolute Gasteiger partial charge is 0.266 e. The van der Waals surface area contributed by atoms with E-state index >= 15 is 0 Å². The van der Waals surface area contributed by atoms with Gasteiger partial charge in [0.05, 0.1) is 15.9 Å². The van der Waals surface area contributed by atoms with Gasteiger partial charge in [0.2, 0.25) is 5.65 Å². The van der Waals surface area contributed by atoms with Crippen LogP contribution in [0.3, 0.4) is 0 Å². The van der Waals surface area contributed by atoms with E-state index in [4.69, 9.17) is 4.74 Å². The Balaban J connectivity index is 1.38. The lowest BCUT2D eigenvalue weighted by Gasteiger charge is -2.11. The SMILES string of the molecule is CCc1ccc(S(=O)(=O)Nc2ccc(Oc3nc4ccccc4n4cnnc34)cc2)cc1. The standard InChI is InChI=1S/C23H19N5O3S/c1-2-16-7-13-19(14-8-16)32(29,30)27-17-9-11-18(12-10-17)31-23-22-26-24-15-28(22)21-6-4-3-5-20(21)25-23/h3-15,27H,2H2,1H3. The maximum absolute atomic E-state index is 12.6. The highest BCUT2D eigenvalue weighted by atomic mass is 32.2. The Hall–Kier alpha value is -3.98. The van der Waals surface area contributed by atoms with Gasteiger partial charge in [0.1, 0.15) is 12.1 Å². The van der Waals surface area contributed by atoms with Crippen molar-refractivity contribution in [1.82, 2.24) is 19.6 Å². The number of sulfonamides is 1. The predicted octanol–water partition coefficient (Wildman–Crippen LogP) is 4.43. The van der Waals surface area contributed by atoms with Gasteiger partial charge in [0, 0.05) is 5.69 Å². The number of rotatable bonds is 6. The Kier molecular flexibility index (Phi) is 4.95. The topological polar surface area (TPSA) is 98.5 Å². The van der Waals surface area contributed by atoms with E-state index in [0.29, 0.717) is 23.0 Å². The lowest BCUT2D eigenvalue weighted by atomic mass is 10.2. The molecule has 1 N–H and O–H groups in total. The third-order valence-corrected chi connectivity index (χ3v) is 6.46. The lowest BCUT2D eigenvalue weighted by molar-refractivity contribution is 0.467. The van der Waals surface area contributed by atoms with Gasteiger partial charge in [-0.3, -0.25) is 9.12 Å². The van der Waals surface area contributed by atoms with E-state index in [0.717, 1.165) is 23.0 Å². The van der Waals surface area contributed by atoms with Gasteiger partial charge in [-0.25, -0.2) is 13.4 Å². The van der Waals surface area contributed by atoms with Gasteiger partial charge in [-0.2, -0.15) is 0 Å². The maximum atomic E-state index is 12.6. The Bertz CT molecular complexity index is 1510. The number of hydrogen-bond acceptors (Lipinski definition) is 6. The molecule has 9 heteroatoms. The fraction of sp³-hybridized carbons (Fsp3) is 0.0870. The molecule has 5 rings (SSSR count). The molecule has 0 aliphatic carbocycles. The van der Waals surface area contributed by atoms with Crippen LogP contribution in [0.4, 0.5) is 5.69 Å². The quantitative estimate of drug-likeness (QED) is 0.415. The molecule has 0 amide bonds. The van der Waals surface area contributed by atoms with E-state index in [-0.39, 0.29) is 4.90 Å². The van der Waals surface area contributed by atoms with Gasteiger partial charge in [0.25, 0.3) is 15.9 Å². The van der Waals surface area contributed by atoms with Crippen molar-refractivity contribution in [3.05, 3.63) is 84.7 Å². The molecule has 160 valence electrons. The van der Waals surface area contributed by atoms with Crippen LogP contribution in [0.25, 0.3) is 16.7 Å². The molecule has 8 nitrogen and oxygen atoms in total. The van der Waals surface area contributed by atoms with Gasteiger partial charge in [-0.15, -0.1) is 10.2 Å². The lowest BCUT2D eigenvalue weighted by Crippen LogP contribution is -2.12. The summed E-state index contributed by atoms with van der Waals surface area (Å²) in [5, 5.41) is 8.07. The number of hydrogen-bond donors (Lipinski definition) is 1. The molecule has 0 aliphatic rings. The van der Waals surface area contributed by atoms with Crippen LogP contribution in [0, 0.1) is 0 Å². The number of aromatic nitrogens is 4. The first-order valence-corrected chi connectivity index (χ1v) is 11.5. The van der Waals surface area contributed by atoms with Crippen LogP contribution in [0.1, 0.15) is 12.5 Å². The summed E-state index contributed by atoms with van der Waals surface area (Å²) >= 11 is 0. The highest BCUT2D eigenvalue weighted by Gasteiger charge is 2.15. The molecule has 0 fully saturated rings. The summed E-state index contributed by atoms with van der Waals surface area (Å²) in [7, 11) is -3.68. The minimum absolute atomic E-state index is 0.213. The summed E-state index contributed by atoms with van der Waals surface area (Å²) in [6, 6.07) is 21.1. The van der Waals surface area contributed by atoms with Crippen molar-refractivity contribution in [2.75, 3.05) is 4.72 Å². The first kappa shape index (κ1) is 20.0. The molecule has 0 spiro atoms. The zero-order chi connectivity index (χ0) is 22.1. The van der Waals surface area contributed by atoms with E-state index in [1.165, 1.54) is 0 Å². The van der Waals surface area contributed by atoms with Gasteiger partial charge in [-0.1, -0.05) is 31.2 Å². The Morgan fingerprint density at radius 2 is 1.72 bits per heavy atom. The molecular formula is C23H19N5O3S. The summed E-state index contributed by atoms with van der Waals surface area (Å²) < 4.78 is 35.6. The average molecular weight is 446 g/mol. The van der Waals surface area contributed by atoms with Gasteiger partial charge in [0.15, 0.2) is 0 Å². The number of ether oxygens (including phenoxy) is 1. The molecule has 0 bridgehead atoms. The third-order valence-electron chi connectivity index (χ3n) is 5.07. The molecule has 3 aromatic carbocycles. The van der Waals surface area contributed by atoms with Gasteiger partial charge >= 0.3 is 0 Å². The van der Waals surface area contributed by atoms with E-state index in [1.54, 1.807) is 42.7 Å². The summed E-state index contributed by atoms with van der Waals surface area (Å²) in [5.74, 6) is 0.804. The van der Waals surface area contributed by atoms with E-state index in [2.05, 4.69) is 19.9 Å². The van der Waals surface area contributed by atoms with Crippen LogP contribution in [0.5, 0.6) is 11.6 Å². The van der Waals surface area contributed by atoms with Crippen LogP contribution < -0.4 is 9.46 Å². The fourth-order valence-electron chi connectivity index (χ4n) is 3.37. The number of benzene rings is 3. The largest absolute Gasteiger partial charge is 0.436 e. The normalized spacial score (nSPS) is 11.7. The van der Waals surface area contributed by atoms with Crippen LogP contribution in [-0.2, 0) is 16.4 Å². The molecule has 32 heavy (non-hydrogen) atoms. The minimum atomic E-state index is -3.68. The first-order valence-electron chi connectivity index (χ1n) is 10.0. The Morgan fingerprint density at radius 1 is 0.969 bits per heavy atom. The second-order valence-corrected chi connectivity index (χ2v) is 8.84. The number of para-hydroxylation sites is 2. The number of fused-ring (bicyclic) bond motifs is 3. The molecule has 0 saturated heterocycles. The third kappa shape index (κ3) is 3.74. The van der Waals surface area contributed by atoms with E-state index in [9.17, 15) is 8.42 Å². The van der Waals surface area contributed by atoms with E-state index in [1.807, 2.05) is 47.7 Å². The van der Waals surface area contributed by atoms with Crippen LogP contribution in [0.15, 0.2) is 84.0 Å². The first-order chi connectivity index (χ1) is 15.5. The van der Waals surface area contributed by atoms with Crippen molar-refractivity contribution in [2.45, 2.75) is 18.2 Å². The maximum Gasteiger partial charge on any atom is 0.266 e. The second-order valence-electron chi connectivity index (χ2n) is 7.16.